The molecule has 0 aromatic carbocycles. The van der Waals surface area contributed by atoms with Crippen LogP contribution in [-0.2, 0) is 12.7 Å². The minimum Gasteiger partial charge on any atom is -0.363 e. The fraction of sp³-hybridized carbons (Fsp3) is 0.286. The van der Waals surface area contributed by atoms with E-state index in [0.717, 1.165) is 18.3 Å². The van der Waals surface area contributed by atoms with Gasteiger partial charge in [-0.3, -0.25) is 9.78 Å². The molecule has 9 heteroatoms. The Morgan fingerprint density at radius 3 is 2.52 bits per heavy atom. The van der Waals surface area contributed by atoms with E-state index in [2.05, 4.69) is 20.3 Å². The van der Waals surface area contributed by atoms with Gasteiger partial charge in [-0.05, 0) is 18.2 Å². The number of nitrogens with one attached hydrogen (secondary N) is 1. The van der Waals surface area contributed by atoms with Crippen molar-refractivity contribution in [2.45, 2.75) is 12.7 Å². The van der Waals surface area contributed by atoms with Gasteiger partial charge in [0.1, 0.15) is 17.3 Å². The van der Waals surface area contributed by atoms with E-state index in [1.807, 2.05) is 14.1 Å². The SMILES string of the molecule is CN(C)c1ccnc(CNC(=O)c2ccc(C(F)(F)F)nc2)n1. The first-order valence-electron chi connectivity index (χ1n) is 6.58. The molecule has 0 atom stereocenters. The number of rotatable bonds is 4. The van der Waals surface area contributed by atoms with Crippen LogP contribution in [0.25, 0.3) is 0 Å². The molecule has 23 heavy (non-hydrogen) atoms. The highest BCUT2D eigenvalue weighted by Gasteiger charge is 2.32. The van der Waals surface area contributed by atoms with Gasteiger partial charge in [-0.15, -0.1) is 0 Å². The van der Waals surface area contributed by atoms with Crippen molar-refractivity contribution in [3.63, 3.8) is 0 Å². The maximum atomic E-state index is 12.4. The van der Waals surface area contributed by atoms with Crippen molar-refractivity contribution in [1.29, 1.82) is 0 Å². The van der Waals surface area contributed by atoms with Crippen LogP contribution in [-0.4, -0.2) is 35.0 Å². The Balaban J connectivity index is 2.01. The number of aromatic nitrogens is 3. The van der Waals surface area contributed by atoms with Crippen molar-refractivity contribution in [1.82, 2.24) is 20.3 Å². The molecule has 0 saturated carbocycles. The summed E-state index contributed by atoms with van der Waals surface area (Å²) in [6.07, 6.45) is -2.09. The molecule has 0 aliphatic heterocycles. The summed E-state index contributed by atoms with van der Waals surface area (Å²) < 4.78 is 37.2. The number of alkyl halides is 3. The third-order valence-electron chi connectivity index (χ3n) is 2.87. The fourth-order valence-electron chi connectivity index (χ4n) is 1.68. The smallest absolute Gasteiger partial charge is 0.363 e. The van der Waals surface area contributed by atoms with Crippen LogP contribution in [0.1, 0.15) is 21.9 Å². The van der Waals surface area contributed by atoms with Crippen molar-refractivity contribution < 1.29 is 18.0 Å². The van der Waals surface area contributed by atoms with E-state index < -0.39 is 17.8 Å². The van der Waals surface area contributed by atoms with Crippen LogP contribution in [0.5, 0.6) is 0 Å². The monoisotopic (exact) mass is 325 g/mol. The van der Waals surface area contributed by atoms with E-state index in [1.54, 1.807) is 17.2 Å². The zero-order valence-corrected chi connectivity index (χ0v) is 12.4. The fourth-order valence-corrected chi connectivity index (χ4v) is 1.68. The average molecular weight is 325 g/mol. The zero-order valence-electron chi connectivity index (χ0n) is 12.4. The third kappa shape index (κ3) is 4.38. The van der Waals surface area contributed by atoms with E-state index >= 15 is 0 Å². The Kier molecular flexibility index (Phi) is 4.77. The first-order valence-corrected chi connectivity index (χ1v) is 6.58. The molecule has 1 amide bonds. The molecule has 0 saturated heterocycles. The second-order valence-electron chi connectivity index (χ2n) is 4.84. The summed E-state index contributed by atoms with van der Waals surface area (Å²) in [6.45, 7) is 0.0571. The highest BCUT2D eigenvalue weighted by atomic mass is 19.4. The van der Waals surface area contributed by atoms with E-state index in [9.17, 15) is 18.0 Å². The first kappa shape index (κ1) is 16.7. The van der Waals surface area contributed by atoms with Gasteiger partial charge < -0.3 is 10.2 Å². The molecule has 1 N–H and O–H groups in total. The number of carbonyl (C=O) groups excluding carboxylic acids is 1. The van der Waals surface area contributed by atoms with Gasteiger partial charge in [0.15, 0.2) is 0 Å². The van der Waals surface area contributed by atoms with Gasteiger partial charge in [0.2, 0.25) is 0 Å². The van der Waals surface area contributed by atoms with Gasteiger partial charge in [0, 0.05) is 26.5 Å². The predicted octanol–water partition coefficient (Wildman–Crippen LogP) is 1.89. The molecule has 0 radical (unpaired) electrons. The summed E-state index contributed by atoms with van der Waals surface area (Å²) in [5.41, 5.74) is -1.02. The molecular formula is C14H14F3N5O. The van der Waals surface area contributed by atoms with Crippen LogP contribution >= 0.6 is 0 Å². The molecule has 122 valence electrons. The predicted molar refractivity (Wildman–Crippen MR) is 76.8 cm³/mol. The number of amides is 1. The summed E-state index contributed by atoms with van der Waals surface area (Å²) in [5.74, 6) is 0.523. The Morgan fingerprint density at radius 2 is 1.96 bits per heavy atom. The second-order valence-corrected chi connectivity index (χ2v) is 4.84. The number of hydrogen-bond acceptors (Lipinski definition) is 5. The van der Waals surface area contributed by atoms with E-state index in [1.165, 1.54) is 0 Å². The summed E-state index contributed by atoms with van der Waals surface area (Å²) in [5, 5.41) is 2.54. The highest BCUT2D eigenvalue weighted by Crippen LogP contribution is 2.27. The lowest BCUT2D eigenvalue weighted by atomic mass is 10.2. The summed E-state index contributed by atoms with van der Waals surface area (Å²) in [4.78, 5) is 25.2. The molecule has 0 bridgehead atoms. The third-order valence-corrected chi connectivity index (χ3v) is 2.87. The molecule has 2 aromatic rings. The summed E-state index contributed by atoms with van der Waals surface area (Å²) >= 11 is 0. The van der Waals surface area contributed by atoms with Gasteiger partial charge in [-0.2, -0.15) is 13.2 Å². The Bertz CT molecular complexity index is 686. The molecule has 0 unspecified atom stereocenters. The van der Waals surface area contributed by atoms with Gasteiger partial charge in [-0.25, -0.2) is 9.97 Å². The topological polar surface area (TPSA) is 71.0 Å². The maximum absolute atomic E-state index is 12.4. The van der Waals surface area contributed by atoms with Gasteiger partial charge in [-0.1, -0.05) is 0 Å². The number of anilines is 1. The average Bonchev–Trinajstić information content (AvgIpc) is 2.52. The molecule has 2 heterocycles. The van der Waals surface area contributed by atoms with Crippen molar-refractivity contribution in [3.8, 4) is 0 Å². The number of hydrogen-bond donors (Lipinski definition) is 1. The molecular weight excluding hydrogens is 311 g/mol. The molecule has 0 aliphatic carbocycles. The minimum absolute atomic E-state index is 0.0294. The van der Waals surface area contributed by atoms with Crippen LogP contribution in [0.3, 0.4) is 0 Å². The number of nitrogens with zero attached hydrogens (tertiary/aromatic N) is 4. The second kappa shape index (κ2) is 6.59. The lowest BCUT2D eigenvalue weighted by Gasteiger charge is -2.12. The minimum atomic E-state index is -4.53. The van der Waals surface area contributed by atoms with E-state index in [4.69, 9.17) is 0 Å². The highest BCUT2D eigenvalue weighted by molar-refractivity contribution is 5.93. The number of halogens is 3. The molecule has 0 aliphatic rings. The van der Waals surface area contributed by atoms with E-state index in [-0.39, 0.29) is 12.1 Å². The summed E-state index contributed by atoms with van der Waals surface area (Å²) in [7, 11) is 3.64. The normalized spacial score (nSPS) is 11.2. The summed E-state index contributed by atoms with van der Waals surface area (Å²) in [6, 6.07) is 3.55. The lowest BCUT2D eigenvalue weighted by Crippen LogP contribution is -2.25. The zero-order chi connectivity index (χ0) is 17.0. The largest absolute Gasteiger partial charge is 0.433 e. The van der Waals surface area contributed by atoms with Crippen LogP contribution in [0, 0.1) is 0 Å². The van der Waals surface area contributed by atoms with Gasteiger partial charge in [0.05, 0.1) is 12.1 Å². The Labute approximate surface area is 130 Å². The van der Waals surface area contributed by atoms with Gasteiger partial charge >= 0.3 is 6.18 Å². The van der Waals surface area contributed by atoms with Gasteiger partial charge in [0.25, 0.3) is 5.91 Å². The van der Waals surface area contributed by atoms with Crippen LogP contribution < -0.4 is 10.2 Å². The van der Waals surface area contributed by atoms with Crippen molar-refractivity contribution in [2.75, 3.05) is 19.0 Å². The van der Waals surface area contributed by atoms with Crippen LogP contribution in [0.4, 0.5) is 19.0 Å². The van der Waals surface area contributed by atoms with E-state index in [0.29, 0.717) is 11.6 Å². The Morgan fingerprint density at radius 1 is 1.22 bits per heavy atom. The molecule has 2 aromatic heterocycles. The van der Waals surface area contributed by atoms with Crippen LogP contribution in [0.15, 0.2) is 30.6 Å². The van der Waals surface area contributed by atoms with Crippen molar-refractivity contribution in [3.05, 3.63) is 47.7 Å². The molecule has 0 fully saturated rings. The molecule has 2 rings (SSSR count). The number of pyridine rings is 1. The van der Waals surface area contributed by atoms with Crippen LogP contribution in [0.2, 0.25) is 0 Å². The molecule has 6 nitrogen and oxygen atoms in total. The lowest BCUT2D eigenvalue weighted by molar-refractivity contribution is -0.141. The standard InChI is InChI=1S/C14H14F3N5O/c1-22(2)12-5-6-18-11(21-12)8-20-13(23)9-3-4-10(19-7-9)14(15,16)17/h3-7H,8H2,1-2H3,(H,20,23). The first-order chi connectivity index (χ1) is 10.8. The van der Waals surface area contributed by atoms with Crippen molar-refractivity contribution in [2.24, 2.45) is 0 Å². The maximum Gasteiger partial charge on any atom is 0.433 e. The Hall–Kier alpha value is -2.71. The van der Waals surface area contributed by atoms with Crippen molar-refractivity contribution >= 4 is 11.7 Å². The number of carbonyl (C=O) groups is 1. The quantitative estimate of drug-likeness (QED) is 0.929. The molecule has 0 spiro atoms.